The van der Waals surface area contributed by atoms with Gasteiger partial charge in [-0.15, -0.1) is 0 Å². The first-order chi connectivity index (χ1) is 23.3. The molecule has 6 rings (SSSR count). The number of nitrogens with one attached hydrogen (secondary N) is 2. The lowest BCUT2D eigenvalue weighted by atomic mass is 9.93. The number of fused-ring (bicyclic) bond motifs is 2. The number of rotatable bonds is 9. The molecule has 11 nitrogen and oxygen atoms in total. The molecule has 0 saturated heterocycles. The van der Waals surface area contributed by atoms with Crippen LogP contribution in [0.2, 0.25) is 0 Å². The number of aromatic amines is 2. The Kier molecular flexibility index (Phi) is 8.60. The van der Waals surface area contributed by atoms with Gasteiger partial charge in [-0.2, -0.15) is 0 Å². The number of primary amides is 1. The summed E-state index contributed by atoms with van der Waals surface area (Å²) in [7, 11) is 0. The van der Waals surface area contributed by atoms with Gasteiger partial charge in [0.25, 0.3) is 0 Å². The van der Waals surface area contributed by atoms with Gasteiger partial charge < -0.3 is 36.1 Å². The fraction of sp³-hybridized carbons (Fsp3) is 0.211. The monoisotopic (exact) mass is 658 g/mol. The molecule has 0 atom stereocenters. The van der Waals surface area contributed by atoms with Gasteiger partial charge in [-0.25, -0.2) is 15.0 Å². The van der Waals surface area contributed by atoms with Crippen LogP contribution in [0.5, 0.6) is 23.0 Å². The van der Waals surface area contributed by atoms with Gasteiger partial charge in [-0.3, -0.25) is 4.79 Å². The van der Waals surface area contributed by atoms with Crippen molar-refractivity contribution in [3.05, 3.63) is 110 Å². The number of nitrogens with zero attached hydrogens (tertiary/aromatic N) is 3. The second-order valence-corrected chi connectivity index (χ2v) is 12.4. The lowest BCUT2D eigenvalue weighted by Crippen LogP contribution is -2.10. The van der Waals surface area contributed by atoms with Gasteiger partial charge in [0.15, 0.2) is 5.65 Å². The normalized spacial score (nSPS) is 11.9. The number of benzene rings is 3. The number of phenols is 4. The number of pyridine rings is 1. The Labute approximate surface area is 282 Å². The van der Waals surface area contributed by atoms with Crippen LogP contribution in [0.15, 0.2) is 42.5 Å². The van der Waals surface area contributed by atoms with Gasteiger partial charge in [-0.05, 0) is 81.6 Å². The number of carbonyl (C=O) groups excluding carboxylic acids is 1. The van der Waals surface area contributed by atoms with Gasteiger partial charge in [0, 0.05) is 58.3 Å². The lowest BCUT2D eigenvalue weighted by Gasteiger charge is -2.16. The summed E-state index contributed by atoms with van der Waals surface area (Å²) in [6.07, 6.45) is 8.44. The molecule has 3 aromatic carbocycles. The minimum Gasteiger partial charge on any atom is -0.507 e. The lowest BCUT2D eigenvalue weighted by molar-refractivity contribution is 0.100. The fourth-order valence-corrected chi connectivity index (χ4v) is 6.07. The van der Waals surface area contributed by atoms with Crippen molar-refractivity contribution in [2.24, 2.45) is 5.73 Å². The van der Waals surface area contributed by atoms with Crippen LogP contribution in [0.25, 0.3) is 34.3 Å². The minimum atomic E-state index is -0.510. The molecule has 11 heteroatoms. The average molecular weight is 659 g/mol. The highest BCUT2D eigenvalue weighted by molar-refractivity contribution is 5.96. The van der Waals surface area contributed by atoms with E-state index >= 15 is 0 Å². The molecule has 0 fully saturated rings. The zero-order valence-electron chi connectivity index (χ0n) is 27.9. The molecular weight excluding hydrogens is 620 g/mol. The van der Waals surface area contributed by atoms with Crippen LogP contribution in [0.4, 0.5) is 0 Å². The third-order valence-electron chi connectivity index (χ3n) is 9.21. The topological polar surface area (TPSA) is 194 Å². The van der Waals surface area contributed by atoms with E-state index in [0.29, 0.717) is 96.9 Å². The first kappa shape index (κ1) is 32.8. The minimum absolute atomic E-state index is 0.0746. The number of H-pyrrole nitrogens is 2. The van der Waals surface area contributed by atoms with Crippen molar-refractivity contribution < 1.29 is 25.2 Å². The van der Waals surface area contributed by atoms with Crippen molar-refractivity contribution in [1.29, 1.82) is 0 Å². The summed E-state index contributed by atoms with van der Waals surface area (Å²) in [5.74, 6) is 1.33. The number of imidazole rings is 2. The third-order valence-corrected chi connectivity index (χ3v) is 9.21. The zero-order valence-corrected chi connectivity index (χ0v) is 27.9. The Morgan fingerprint density at radius 1 is 0.694 bits per heavy atom. The first-order valence-corrected chi connectivity index (χ1v) is 15.9. The van der Waals surface area contributed by atoms with Crippen molar-refractivity contribution >= 4 is 40.3 Å². The van der Waals surface area contributed by atoms with Crippen molar-refractivity contribution in [1.82, 2.24) is 24.9 Å². The number of aromatic hydroxyl groups is 4. The van der Waals surface area contributed by atoms with E-state index in [1.54, 1.807) is 65.0 Å². The Balaban J connectivity index is 1.18. The zero-order chi connectivity index (χ0) is 35.1. The molecule has 0 radical (unpaired) electrons. The standard InChI is InChI=1S/C38H38N6O5/c1-18-19(2)34(46)25(20(3)33(18)45)8-7-11-32-42-29-15-13-24(40-38(29)44-32)17-27-22(5)35(47)26(21(4)36(27)48)9-6-10-31-41-28-14-12-23(37(39)49)16-30(28)43-31/h6-9,12-16,45-48H,10-11,17H2,1-5H3,(H2,39,49)(H,41,43)(H,40,42,44)/b8-7+,9-6+. The number of nitrogens with two attached hydrogens (primary N) is 1. The first-order valence-electron chi connectivity index (χ1n) is 15.9. The highest BCUT2D eigenvalue weighted by Crippen LogP contribution is 2.39. The third kappa shape index (κ3) is 6.18. The molecule has 8 N–H and O–H groups in total. The molecule has 49 heavy (non-hydrogen) atoms. The van der Waals surface area contributed by atoms with Gasteiger partial charge in [-0.1, -0.05) is 24.3 Å². The fourth-order valence-electron chi connectivity index (χ4n) is 6.07. The van der Waals surface area contributed by atoms with Gasteiger partial charge in [0.1, 0.15) is 34.6 Å². The summed E-state index contributed by atoms with van der Waals surface area (Å²) in [4.78, 5) is 31.9. The van der Waals surface area contributed by atoms with Gasteiger partial charge in [0.05, 0.1) is 16.6 Å². The molecule has 0 aliphatic carbocycles. The summed E-state index contributed by atoms with van der Waals surface area (Å²) in [6, 6.07) is 8.78. The van der Waals surface area contributed by atoms with Crippen LogP contribution in [-0.2, 0) is 19.3 Å². The van der Waals surface area contributed by atoms with Crippen LogP contribution in [-0.4, -0.2) is 51.3 Å². The SMILES string of the molecule is Cc1c(C)c(O)c(/C=C/Cc2nc3nc(Cc4c(C)c(O)c(/C=C/Cc5nc6ccc(C(N)=O)cc6[nH]5)c(C)c4O)ccc3[nH]2)c(C)c1O. The molecule has 3 heterocycles. The summed E-state index contributed by atoms with van der Waals surface area (Å²) >= 11 is 0. The van der Waals surface area contributed by atoms with E-state index in [1.807, 2.05) is 24.3 Å². The van der Waals surface area contributed by atoms with Gasteiger partial charge >= 0.3 is 0 Å². The van der Waals surface area contributed by atoms with E-state index < -0.39 is 5.91 Å². The number of phenolic OH excluding ortho intramolecular Hbond substituents is 4. The number of aromatic nitrogens is 5. The largest absolute Gasteiger partial charge is 0.507 e. The Bertz CT molecular complexity index is 2290. The van der Waals surface area contributed by atoms with E-state index in [2.05, 4.69) is 19.9 Å². The van der Waals surface area contributed by atoms with E-state index in [-0.39, 0.29) is 29.4 Å². The van der Waals surface area contributed by atoms with Crippen LogP contribution in [0.3, 0.4) is 0 Å². The molecular formula is C38H38N6O5. The Morgan fingerprint density at radius 3 is 1.96 bits per heavy atom. The van der Waals surface area contributed by atoms with Crippen LogP contribution >= 0.6 is 0 Å². The van der Waals surface area contributed by atoms with E-state index in [0.717, 1.165) is 5.52 Å². The second kappa shape index (κ2) is 12.8. The Morgan fingerprint density at radius 2 is 1.29 bits per heavy atom. The number of allylic oxidation sites excluding steroid dienone is 2. The van der Waals surface area contributed by atoms with Crippen molar-refractivity contribution in [2.45, 2.75) is 53.9 Å². The predicted octanol–water partition coefficient (Wildman–Crippen LogP) is 6.40. The molecule has 0 spiro atoms. The maximum atomic E-state index is 11.5. The molecule has 0 aliphatic heterocycles. The number of hydrogen-bond donors (Lipinski definition) is 7. The molecule has 250 valence electrons. The summed E-state index contributed by atoms with van der Waals surface area (Å²) in [5, 5.41) is 43.4. The maximum absolute atomic E-state index is 11.5. The van der Waals surface area contributed by atoms with Crippen LogP contribution < -0.4 is 5.73 Å². The van der Waals surface area contributed by atoms with Crippen molar-refractivity contribution in [2.75, 3.05) is 0 Å². The number of hydrogen-bond acceptors (Lipinski definition) is 8. The molecule has 0 bridgehead atoms. The molecule has 0 saturated carbocycles. The molecule has 0 unspecified atom stereocenters. The highest BCUT2D eigenvalue weighted by Gasteiger charge is 2.19. The van der Waals surface area contributed by atoms with E-state index in [9.17, 15) is 25.2 Å². The number of amides is 1. The van der Waals surface area contributed by atoms with Crippen LogP contribution in [0.1, 0.15) is 72.2 Å². The van der Waals surface area contributed by atoms with Crippen molar-refractivity contribution in [3.63, 3.8) is 0 Å². The summed E-state index contributed by atoms with van der Waals surface area (Å²) in [6.45, 7) is 8.85. The molecule has 3 aromatic heterocycles. The molecule has 6 aromatic rings. The summed E-state index contributed by atoms with van der Waals surface area (Å²) < 4.78 is 0. The second-order valence-electron chi connectivity index (χ2n) is 12.4. The average Bonchev–Trinajstić information content (AvgIpc) is 3.69. The van der Waals surface area contributed by atoms with Crippen molar-refractivity contribution in [3.8, 4) is 23.0 Å². The van der Waals surface area contributed by atoms with Gasteiger partial charge in [0.2, 0.25) is 5.91 Å². The predicted molar refractivity (Wildman–Crippen MR) is 190 cm³/mol. The highest BCUT2D eigenvalue weighted by atomic mass is 16.3. The van der Waals surface area contributed by atoms with E-state index in [1.165, 1.54) is 0 Å². The maximum Gasteiger partial charge on any atom is 0.248 e. The number of carbonyl (C=O) groups is 1. The summed E-state index contributed by atoms with van der Waals surface area (Å²) in [5.41, 5.74) is 13.8. The smallest absolute Gasteiger partial charge is 0.248 e. The van der Waals surface area contributed by atoms with E-state index in [4.69, 9.17) is 10.7 Å². The quantitative estimate of drug-likeness (QED) is 0.0867. The molecule has 1 amide bonds. The molecule has 0 aliphatic rings. The Hall–Kier alpha value is -6.10. The van der Waals surface area contributed by atoms with Crippen LogP contribution in [0, 0.1) is 34.6 Å².